The number of nitrogens with zero attached hydrogens (tertiary/aromatic N) is 5. The number of hydrogen-bond acceptors (Lipinski definition) is 6. The second kappa shape index (κ2) is 7.96. The number of carbonyl (C=O) groups is 1. The Morgan fingerprint density at radius 2 is 1.96 bits per heavy atom. The number of tetrazole rings is 1. The maximum Gasteiger partial charge on any atom is 0.260 e. The van der Waals surface area contributed by atoms with E-state index in [4.69, 9.17) is 9.47 Å². The van der Waals surface area contributed by atoms with Crippen molar-refractivity contribution < 1.29 is 14.3 Å². The van der Waals surface area contributed by atoms with Crippen molar-refractivity contribution in [2.24, 2.45) is 0 Å². The molecule has 0 N–H and O–H groups in total. The smallest absolute Gasteiger partial charge is 0.260 e. The zero-order valence-electron chi connectivity index (χ0n) is 14.6. The van der Waals surface area contributed by atoms with Crippen LogP contribution in [0.5, 0.6) is 5.75 Å². The summed E-state index contributed by atoms with van der Waals surface area (Å²) in [5.41, 5.74) is 1.90. The van der Waals surface area contributed by atoms with E-state index in [9.17, 15) is 4.79 Å². The van der Waals surface area contributed by atoms with Crippen molar-refractivity contribution in [3.63, 3.8) is 0 Å². The fraction of sp³-hybridized carbons (Fsp3) is 0.263. The first-order chi connectivity index (χ1) is 13.3. The fourth-order valence-corrected chi connectivity index (χ4v) is 2.96. The Labute approximate surface area is 156 Å². The molecule has 0 aliphatic carbocycles. The van der Waals surface area contributed by atoms with Gasteiger partial charge in [0, 0.05) is 6.54 Å². The molecule has 1 atom stereocenters. The van der Waals surface area contributed by atoms with Crippen LogP contribution in [0.2, 0.25) is 0 Å². The second-order valence-corrected chi connectivity index (χ2v) is 6.15. The molecule has 1 amide bonds. The molecule has 8 nitrogen and oxygen atoms in total. The molecular weight excluding hydrogens is 346 g/mol. The molecule has 1 saturated heterocycles. The van der Waals surface area contributed by atoms with E-state index in [-0.39, 0.29) is 18.6 Å². The Balaban J connectivity index is 1.32. The van der Waals surface area contributed by atoms with Crippen molar-refractivity contribution >= 4 is 5.91 Å². The van der Waals surface area contributed by atoms with Crippen LogP contribution in [0.25, 0.3) is 5.69 Å². The van der Waals surface area contributed by atoms with Crippen molar-refractivity contribution in [1.82, 2.24) is 25.1 Å². The molecule has 4 rings (SSSR count). The Morgan fingerprint density at radius 3 is 2.70 bits per heavy atom. The monoisotopic (exact) mass is 365 g/mol. The SMILES string of the molecule is O=C(COc1ccc(-n2cnnn2)cc1)N1CCOC(c2ccccc2)C1. The molecule has 27 heavy (non-hydrogen) atoms. The zero-order valence-corrected chi connectivity index (χ0v) is 14.6. The number of aromatic nitrogens is 4. The number of amides is 1. The highest BCUT2D eigenvalue weighted by molar-refractivity contribution is 5.78. The van der Waals surface area contributed by atoms with Crippen molar-refractivity contribution in [3.8, 4) is 11.4 Å². The van der Waals surface area contributed by atoms with Gasteiger partial charge in [0.25, 0.3) is 5.91 Å². The van der Waals surface area contributed by atoms with E-state index in [1.54, 1.807) is 21.7 Å². The standard InChI is InChI=1S/C19H19N5O3/c25-19(23-10-11-26-18(12-23)15-4-2-1-3-5-15)13-27-17-8-6-16(7-9-17)24-14-20-21-22-24/h1-9,14,18H,10-13H2. The predicted molar refractivity (Wildman–Crippen MR) is 96.4 cm³/mol. The van der Waals surface area contributed by atoms with Crippen molar-refractivity contribution in [1.29, 1.82) is 0 Å². The molecule has 0 radical (unpaired) electrons. The topological polar surface area (TPSA) is 82.4 Å². The van der Waals surface area contributed by atoms with Crippen molar-refractivity contribution in [3.05, 3.63) is 66.5 Å². The van der Waals surface area contributed by atoms with Gasteiger partial charge in [-0.3, -0.25) is 4.79 Å². The van der Waals surface area contributed by atoms with Gasteiger partial charge in [0.15, 0.2) is 6.61 Å². The van der Waals surface area contributed by atoms with Crippen LogP contribution in [-0.4, -0.2) is 57.3 Å². The van der Waals surface area contributed by atoms with Gasteiger partial charge >= 0.3 is 0 Å². The minimum atomic E-state index is -0.0977. The molecule has 1 aliphatic rings. The zero-order chi connectivity index (χ0) is 18.5. The van der Waals surface area contributed by atoms with Crippen LogP contribution >= 0.6 is 0 Å². The van der Waals surface area contributed by atoms with Crippen LogP contribution in [0.3, 0.4) is 0 Å². The molecule has 1 aromatic heterocycles. The Morgan fingerprint density at radius 1 is 1.15 bits per heavy atom. The predicted octanol–water partition coefficient (Wildman–Crippen LogP) is 1.64. The number of carbonyl (C=O) groups excluding carboxylic acids is 1. The lowest BCUT2D eigenvalue weighted by Crippen LogP contribution is -2.44. The molecule has 1 fully saturated rings. The minimum Gasteiger partial charge on any atom is -0.484 e. The average Bonchev–Trinajstić information content (AvgIpc) is 3.28. The largest absolute Gasteiger partial charge is 0.484 e. The summed E-state index contributed by atoms with van der Waals surface area (Å²) in [6.07, 6.45) is 1.42. The Bertz CT molecular complexity index is 868. The maximum atomic E-state index is 12.5. The van der Waals surface area contributed by atoms with Crippen LogP contribution in [-0.2, 0) is 9.53 Å². The first-order valence-electron chi connectivity index (χ1n) is 8.70. The van der Waals surface area contributed by atoms with Crippen LogP contribution in [0, 0.1) is 0 Å². The van der Waals surface area contributed by atoms with Gasteiger partial charge in [0.1, 0.15) is 18.2 Å². The summed E-state index contributed by atoms with van der Waals surface area (Å²) in [6, 6.07) is 17.2. The highest BCUT2D eigenvalue weighted by atomic mass is 16.5. The molecule has 2 heterocycles. The van der Waals surface area contributed by atoms with E-state index in [0.29, 0.717) is 25.4 Å². The lowest BCUT2D eigenvalue weighted by Gasteiger charge is -2.33. The quantitative estimate of drug-likeness (QED) is 0.684. The summed E-state index contributed by atoms with van der Waals surface area (Å²) in [5.74, 6) is 0.567. The van der Waals surface area contributed by atoms with Gasteiger partial charge in [-0.15, -0.1) is 5.10 Å². The summed E-state index contributed by atoms with van der Waals surface area (Å²) >= 11 is 0. The van der Waals surface area contributed by atoms with Gasteiger partial charge in [-0.25, -0.2) is 4.68 Å². The molecule has 2 aromatic carbocycles. The molecule has 0 bridgehead atoms. The van der Waals surface area contributed by atoms with Crippen molar-refractivity contribution in [2.45, 2.75) is 6.10 Å². The third kappa shape index (κ3) is 4.12. The molecular formula is C19H19N5O3. The number of rotatable bonds is 5. The maximum absolute atomic E-state index is 12.5. The molecule has 3 aromatic rings. The lowest BCUT2D eigenvalue weighted by atomic mass is 10.1. The van der Waals surface area contributed by atoms with Crippen LogP contribution in [0.1, 0.15) is 11.7 Å². The highest BCUT2D eigenvalue weighted by Crippen LogP contribution is 2.22. The van der Waals surface area contributed by atoms with Gasteiger partial charge < -0.3 is 14.4 Å². The average molecular weight is 365 g/mol. The first-order valence-corrected chi connectivity index (χ1v) is 8.70. The molecule has 1 unspecified atom stereocenters. The lowest BCUT2D eigenvalue weighted by molar-refractivity contribution is -0.141. The molecule has 0 saturated carbocycles. The second-order valence-electron chi connectivity index (χ2n) is 6.15. The van der Waals surface area contributed by atoms with Crippen molar-refractivity contribution in [2.75, 3.05) is 26.3 Å². The fourth-order valence-electron chi connectivity index (χ4n) is 2.96. The van der Waals surface area contributed by atoms with Gasteiger partial charge in [-0.2, -0.15) is 0 Å². The third-order valence-electron chi connectivity index (χ3n) is 4.40. The Kier molecular flexibility index (Phi) is 5.06. The first kappa shape index (κ1) is 17.2. The molecule has 8 heteroatoms. The summed E-state index contributed by atoms with van der Waals surface area (Å²) in [4.78, 5) is 14.3. The highest BCUT2D eigenvalue weighted by Gasteiger charge is 2.25. The number of ether oxygens (including phenoxy) is 2. The minimum absolute atomic E-state index is 0.00820. The van der Waals surface area contributed by atoms with Crippen LogP contribution in [0.15, 0.2) is 60.9 Å². The normalized spacial score (nSPS) is 16.9. The van der Waals surface area contributed by atoms with E-state index in [1.165, 1.54) is 6.33 Å². The molecule has 1 aliphatic heterocycles. The number of hydrogen-bond donors (Lipinski definition) is 0. The van der Waals surface area contributed by atoms with Crippen LogP contribution < -0.4 is 4.74 Å². The van der Waals surface area contributed by atoms with E-state index < -0.39 is 0 Å². The Hall–Kier alpha value is -3.26. The van der Waals surface area contributed by atoms with E-state index in [2.05, 4.69) is 15.5 Å². The summed E-state index contributed by atoms with van der Waals surface area (Å²) in [7, 11) is 0. The summed E-state index contributed by atoms with van der Waals surface area (Å²) in [6.45, 7) is 1.62. The van der Waals surface area contributed by atoms with Gasteiger partial charge in [0.05, 0.1) is 18.8 Å². The van der Waals surface area contributed by atoms with E-state index >= 15 is 0 Å². The van der Waals surface area contributed by atoms with E-state index in [1.807, 2.05) is 42.5 Å². The van der Waals surface area contributed by atoms with E-state index in [0.717, 1.165) is 11.3 Å². The van der Waals surface area contributed by atoms with Gasteiger partial charge in [-0.1, -0.05) is 30.3 Å². The third-order valence-corrected chi connectivity index (χ3v) is 4.40. The molecule has 138 valence electrons. The molecule has 0 spiro atoms. The number of benzene rings is 2. The van der Waals surface area contributed by atoms with Crippen LogP contribution in [0.4, 0.5) is 0 Å². The summed E-state index contributed by atoms with van der Waals surface area (Å²) < 4.78 is 13.0. The van der Waals surface area contributed by atoms with Gasteiger partial charge in [-0.05, 0) is 40.3 Å². The number of morpholine rings is 1. The summed E-state index contributed by atoms with van der Waals surface area (Å²) in [5, 5.41) is 11.0. The van der Waals surface area contributed by atoms with Gasteiger partial charge in [0.2, 0.25) is 0 Å².